The lowest BCUT2D eigenvalue weighted by molar-refractivity contribution is 1.34. The van der Waals surface area contributed by atoms with E-state index in [0.717, 1.165) is 9.61 Å². The number of nitrogens with zero attached hydrogens (tertiary/aromatic N) is 2. The van der Waals surface area contributed by atoms with E-state index in [1.165, 1.54) is 17.4 Å². The van der Waals surface area contributed by atoms with Crippen LogP contribution in [0, 0.1) is 11.3 Å². The van der Waals surface area contributed by atoms with E-state index in [1.807, 2.05) is 11.4 Å². The first-order valence-corrected chi connectivity index (χ1v) is 4.17. The molecule has 0 fully saturated rings. The minimum Gasteiger partial charge on any atom is -0.230 e. The van der Waals surface area contributed by atoms with Crippen molar-refractivity contribution < 1.29 is 0 Å². The Morgan fingerprint density at radius 2 is 2.60 bits per heavy atom. The van der Waals surface area contributed by atoms with Crippen LogP contribution in [0.2, 0.25) is 0 Å². The summed E-state index contributed by atoms with van der Waals surface area (Å²) >= 11 is 4.71. The van der Waals surface area contributed by atoms with Crippen molar-refractivity contribution in [1.29, 1.82) is 5.26 Å². The highest BCUT2D eigenvalue weighted by atomic mass is 79.9. The highest BCUT2D eigenvalue weighted by Gasteiger charge is 1.91. The van der Waals surface area contributed by atoms with Gasteiger partial charge in [0.2, 0.25) is 0 Å². The van der Waals surface area contributed by atoms with Crippen molar-refractivity contribution in [2.75, 3.05) is 0 Å². The van der Waals surface area contributed by atoms with Gasteiger partial charge in [0, 0.05) is 11.5 Å². The van der Waals surface area contributed by atoms with Gasteiger partial charge >= 0.3 is 0 Å². The van der Waals surface area contributed by atoms with Gasteiger partial charge in [-0.05, 0) is 22.0 Å². The van der Waals surface area contributed by atoms with Crippen molar-refractivity contribution >= 4 is 33.3 Å². The van der Waals surface area contributed by atoms with Crippen LogP contribution in [0.4, 0.5) is 0 Å². The summed E-state index contributed by atoms with van der Waals surface area (Å²) in [6, 6.07) is 1.89. The molecule has 0 saturated heterocycles. The monoisotopic (exact) mass is 214 g/mol. The molecule has 0 aliphatic rings. The maximum atomic E-state index is 8.16. The van der Waals surface area contributed by atoms with E-state index in [0.29, 0.717) is 0 Å². The van der Waals surface area contributed by atoms with E-state index < -0.39 is 0 Å². The van der Waals surface area contributed by atoms with Crippen LogP contribution in [-0.2, 0) is 0 Å². The highest BCUT2D eigenvalue weighted by molar-refractivity contribution is 9.11. The Kier molecular flexibility index (Phi) is 2.60. The molecule has 0 aliphatic heterocycles. The van der Waals surface area contributed by atoms with Gasteiger partial charge in [-0.1, -0.05) is 0 Å². The first-order valence-electron chi connectivity index (χ1n) is 2.50. The first kappa shape index (κ1) is 7.45. The third kappa shape index (κ3) is 1.94. The number of aromatic nitrogens is 1. The molecule has 0 bridgehead atoms. The predicted octanol–water partition coefficient (Wildman–Crippen LogP) is 2.44. The largest absolute Gasteiger partial charge is 0.230 e. The Morgan fingerprint density at radius 3 is 3.10 bits per heavy atom. The van der Waals surface area contributed by atoms with Gasteiger partial charge in [0.15, 0.2) is 3.92 Å². The first-order chi connectivity index (χ1) is 4.83. The lowest BCUT2D eigenvalue weighted by atomic mass is 10.4. The van der Waals surface area contributed by atoms with Gasteiger partial charge in [-0.15, -0.1) is 11.3 Å². The van der Waals surface area contributed by atoms with E-state index >= 15 is 0 Å². The topological polar surface area (TPSA) is 36.7 Å². The molecule has 50 valence electrons. The zero-order chi connectivity index (χ0) is 7.40. The number of halogens is 1. The molecule has 2 nitrogen and oxygen atoms in total. The molecule has 1 heterocycles. The number of hydrogen-bond donors (Lipinski definition) is 0. The molecule has 1 aromatic rings. The summed E-state index contributed by atoms with van der Waals surface area (Å²) in [6.07, 6.45) is 3.07. The van der Waals surface area contributed by atoms with E-state index in [-0.39, 0.29) is 0 Å². The molecule has 1 rings (SSSR count). The van der Waals surface area contributed by atoms with Gasteiger partial charge in [0.05, 0.1) is 11.8 Å². The summed E-state index contributed by atoms with van der Waals surface area (Å²) in [6.45, 7) is 0. The van der Waals surface area contributed by atoms with Gasteiger partial charge < -0.3 is 0 Å². The summed E-state index contributed by atoms with van der Waals surface area (Å²) in [5.74, 6) is 0. The fourth-order valence-electron chi connectivity index (χ4n) is 0.462. The molecule has 0 amide bonds. The number of allylic oxidation sites excluding steroid dienone is 1. The maximum absolute atomic E-state index is 8.16. The van der Waals surface area contributed by atoms with Crippen molar-refractivity contribution in [3.8, 4) is 6.07 Å². The van der Waals surface area contributed by atoms with E-state index in [2.05, 4.69) is 20.9 Å². The summed E-state index contributed by atoms with van der Waals surface area (Å²) in [4.78, 5) is 4.05. The minimum atomic E-state index is 0.818. The molecule has 0 spiro atoms. The Bertz CT molecular complexity index is 284. The summed E-state index contributed by atoms with van der Waals surface area (Å²) in [5.41, 5.74) is 0.818. The fraction of sp³-hybridized carbons (Fsp3) is 0. The molecule has 0 aromatic carbocycles. The van der Waals surface area contributed by atoms with Crippen molar-refractivity contribution in [2.45, 2.75) is 0 Å². The lowest BCUT2D eigenvalue weighted by Gasteiger charge is -1.74. The predicted molar refractivity (Wildman–Crippen MR) is 44.5 cm³/mol. The van der Waals surface area contributed by atoms with Crippen molar-refractivity contribution in [2.24, 2.45) is 0 Å². The number of nitriles is 1. The van der Waals surface area contributed by atoms with Crippen LogP contribution in [0.15, 0.2) is 15.4 Å². The zero-order valence-electron chi connectivity index (χ0n) is 4.91. The normalized spacial score (nSPS) is 10.0. The Balaban J connectivity index is 2.78. The van der Waals surface area contributed by atoms with Gasteiger partial charge in [-0.2, -0.15) is 5.26 Å². The smallest absolute Gasteiger partial charge is 0.159 e. The van der Waals surface area contributed by atoms with E-state index in [4.69, 9.17) is 5.26 Å². The van der Waals surface area contributed by atoms with Gasteiger partial charge in [-0.3, -0.25) is 0 Å². The Labute approximate surface area is 71.0 Å². The molecule has 0 atom stereocenters. The third-order valence-electron chi connectivity index (χ3n) is 0.823. The average Bonchev–Trinajstić information content (AvgIpc) is 2.31. The van der Waals surface area contributed by atoms with E-state index in [1.54, 1.807) is 6.08 Å². The molecular formula is C6H3BrN2S. The molecular weight excluding hydrogens is 212 g/mol. The molecule has 0 N–H and O–H groups in total. The summed E-state index contributed by atoms with van der Waals surface area (Å²) in [7, 11) is 0. The quantitative estimate of drug-likeness (QED) is 0.674. The maximum Gasteiger partial charge on any atom is 0.159 e. The standard InChI is InChI=1S/C6H3BrN2S/c7-6-9-5(4-10-6)2-1-3-8/h1-2,4H. The van der Waals surface area contributed by atoms with E-state index in [9.17, 15) is 0 Å². The van der Waals surface area contributed by atoms with Gasteiger partial charge in [0.25, 0.3) is 0 Å². The number of hydrogen-bond acceptors (Lipinski definition) is 3. The Hall–Kier alpha value is -0.660. The van der Waals surface area contributed by atoms with Crippen LogP contribution >= 0.6 is 27.3 Å². The highest BCUT2D eigenvalue weighted by Crippen LogP contribution is 2.16. The molecule has 1 aromatic heterocycles. The summed E-state index contributed by atoms with van der Waals surface area (Å²) < 4.78 is 0.838. The van der Waals surface area contributed by atoms with Gasteiger partial charge in [-0.25, -0.2) is 4.98 Å². The molecule has 0 unspecified atom stereocenters. The van der Waals surface area contributed by atoms with Crippen LogP contribution in [-0.4, -0.2) is 4.98 Å². The SMILES string of the molecule is N#CC=Cc1csc(Br)n1. The van der Waals surface area contributed by atoms with Crippen LogP contribution in [0.25, 0.3) is 6.08 Å². The molecule has 10 heavy (non-hydrogen) atoms. The number of thiazole rings is 1. The summed E-state index contributed by atoms with van der Waals surface area (Å²) in [5, 5.41) is 10.0. The second-order valence-electron chi connectivity index (χ2n) is 1.49. The fourth-order valence-corrected chi connectivity index (χ4v) is 1.45. The van der Waals surface area contributed by atoms with Crippen molar-refractivity contribution in [3.05, 3.63) is 21.1 Å². The third-order valence-corrected chi connectivity index (χ3v) is 2.21. The van der Waals surface area contributed by atoms with Crippen LogP contribution in [0.5, 0.6) is 0 Å². The number of rotatable bonds is 1. The van der Waals surface area contributed by atoms with Crippen LogP contribution in [0.1, 0.15) is 5.69 Å². The molecule has 0 saturated carbocycles. The van der Waals surface area contributed by atoms with Crippen LogP contribution < -0.4 is 0 Å². The molecule has 0 radical (unpaired) electrons. The average molecular weight is 215 g/mol. The second kappa shape index (κ2) is 3.49. The molecule has 4 heteroatoms. The van der Waals surface area contributed by atoms with Gasteiger partial charge in [0.1, 0.15) is 0 Å². The Morgan fingerprint density at radius 1 is 1.80 bits per heavy atom. The van der Waals surface area contributed by atoms with Crippen LogP contribution in [0.3, 0.4) is 0 Å². The second-order valence-corrected chi connectivity index (χ2v) is 3.62. The van der Waals surface area contributed by atoms with Crippen molar-refractivity contribution in [1.82, 2.24) is 4.98 Å². The van der Waals surface area contributed by atoms with Crippen molar-refractivity contribution in [3.63, 3.8) is 0 Å². The molecule has 0 aliphatic carbocycles. The zero-order valence-corrected chi connectivity index (χ0v) is 7.32. The lowest BCUT2D eigenvalue weighted by Crippen LogP contribution is -1.66. The minimum absolute atomic E-state index is 0.818.